The summed E-state index contributed by atoms with van der Waals surface area (Å²) in [5.41, 5.74) is 1.46. The number of hydrogen-bond acceptors (Lipinski definition) is 2. The molecule has 0 saturated carbocycles. The van der Waals surface area contributed by atoms with Crippen molar-refractivity contribution in [2.24, 2.45) is 0 Å². The van der Waals surface area contributed by atoms with E-state index < -0.39 is 0 Å². The Labute approximate surface area is 122 Å². The maximum Gasteiger partial charge on any atom is 0.0240 e. The highest BCUT2D eigenvalue weighted by Gasteiger charge is 2.19. The van der Waals surface area contributed by atoms with Crippen molar-refractivity contribution >= 4 is 10.8 Å². The van der Waals surface area contributed by atoms with Crippen molar-refractivity contribution < 1.29 is 0 Å². The first-order chi connectivity index (χ1) is 9.74. The summed E-state index contributed by atoms with van der Waals surface area (Å²) in [6.07, 6.45) is 0. The highest BCUT2D eigenvalue weighted by Crippen LogP contribution is 2.20. The highest BCUT2D eigenvalue weighted by atomic mass is 15.3. The van der Waals surface area contributed by atoms with E-state index in [0.717, 1.165) is 6.54 Å². The third-order valence-electron chi connectivity index (χ3n) is 4.41. The maximum atomic E-state index is 2.58. The molecule has 2 aromatic carbocycles. The number of rotatable bonds is 3. The molecule has 0 radical (unpaired) electrons. The van der Waals surface area contributed by atoms with E-state index in [9.17, 15) is 0 Å². The van der Waals surface area contributed by atoms with Crippen LogP contribution in [-0.2, 0) is 6.54 Å². The van der Waals surface area contributed by atoms with Crippen molar-refractivity contribution in [3.8, 4) is 0 Å². The average molecular weight is 268 g/mol. The summed E-state index contributed by atoms with van der Waals surface area (Å²) < 4.78 is 0. The smallest absolute Gasteiger partial charge is 0.0240 e. The van der Waals surface area contributed by atoms with E-state index in [1.165, 1.54) is 42.5 Å². The SMILES string of the molecule is CC(C)N1CCN(Cc2cccc3ccccc23)CC1. The van der Waals surface area contributed by atoms with Crippen LogP contribution < -0.4 is 0 Å². The van der Waals surface area contributed by atoms with E-state index >= 15 is 0 Å². The minimum Gasteiger partial charge on any atom is -0.298 e. The number of piperazine rings is 1. The molecule has 1 heterocycles. The lowest BCUT2D eigenvalue weighted by Crippen LogP contribution is -2.48. The Bertz CT molecular complexity index is 563. The van der Waals surface area contributed by atoms with E-state index in [1.54, 1.807) is 0 Å². The molecule has 0 spiro atoms. The third-order valence-corrected chi connectivity index (χ3v) is 4.41. The minimum absolute atomic E-state index is 0.676. The van der Waals surface area contributed by atoms with Gasteiger partial charge in [0, 0.05) is 38.8 Å². The second-order valence-corrected chi connectivity index (χ2v) is 6.04. The Balaban J connectivity index is 1.72. The van der Waals surface area contributed by atoms with Crippen LogP contribution in [0.4, 0.5) is 0 Å². The van der Waals surface area contributed by atoms with Gasteiger partial charge in [-0.3, -0.25) is 9.80 Å². The molecular weight excluding hydrogens is 244 g/mol. The number of nitrogens with zero attached hydrogens (tertiary/aromatic N) is 2. The first-order valence-corrected chi connectivity index (χ1v) is 7.67. The van der Waals surface area contributed by atoms with Gasteiger partial charge in [0.15, 0.2) is 0 Å². The Morgan fingerprint density at radius 1 is 0.900 bits per heavy atom. The second-order valence-electron chi connectivity index (χ2n) is 6.04. The van der Waals surface area contributed by atoms with E-state index in [2.05, 4.69) is 66.1 Å². The van der Waals surface area contributed by atoms with Crippen LogP contribution >= 0.6 is 0 Å². The van der Waals surface area contributed by atoms with Crippen LogP contribution in [0.5, 0.6) is 0 Å². The van der Waals surface area contributed by atoms with Gasteiger partial charge in [-0.05, 0) is 30.2 Å². The lowest BCUT2D eigenvalue weighted by molar-refractivity contribution is 0.104. The highest BCUT2D eigenvalue weighted by molar-refractivity contribution is 5.85. The van der Waals surface area contributed by atoms with Crippen LogP contribution in [0, 0.1) is 0 Å². The van der Waals surface area contributed by atoms with Crippen molar-refractivity contribution in [2.45, 2.75) is 26.4 Å². The third kappa shape index (κ3) is 2.87. The summed E-state index contributed by atoms with van der Waals surface area (Å²) >= 11 is 0. The fraction of sp³-hybridized carbons (Fsp3) is 0.444. The summed E-state index contributed by atoms with van der Waals surface area (Å²) in [5.74, 6) is 0. The van der Waals surface area contributed by atoms with Gasteiger partial charge < -0.3 is 0 Å². The molecule has 1 fully saturated rings. The molecule has 0 aliphatic carbocycles. The van der Waals surface area contributed by atoms with Crippen molar-refractivity contribution in [1.29, 1.82) is 0 Å². The Hall–Kier alpha value is -1.38. The Morgan fingerprint density at radius 2 is 1.60 bits per heavy atom. The maximum absolute atomic E-state index is 2.58. The number of benzene rings is 2. The molecule has 20 heavy (non-hydrogen) atoms. The van der Waals surface area contributed by atoms with E-state index in [1.807, 2.05) is 0 Å². The van der Waals surface area contributed by atoms with Gasteiger partial charge in [0.05, 0.1) is 0 Å². The Morgan fingerprint density at radius 3 is 2.35 bits per heavy atom. The van der Waals surface area contributed by atoms with Crippen LogP contribution in [0.15, 0.2) is 42.5 Å². The van der Waals surface area contributed by atoms with Crippen LogP contribution in [0.3, 0.4) is 0 Å². The van der Waals surface area contributed by atoms with Gasteiger partial charge in [-0.1, -0.05) is 42.5 Å². The zero-order valence-corrected chi connectivity index (χ0v) is 12.5. The fourth-order valence-corrected chi connectivity index (χ4v) is 3.11. The van der Waals surface area contributed by atoms with Gasteiger partial charge in [-0.25, -0.2) is 0 Å². The standard InChI is InChI=1S/C18H24N2/c1-15(2)20-12-10-19(11-13-20)14-17-8-5-7-16-6-3-4-9-18(16)17/h3-9,15H,10-14H2,1-2H3. The summed E-state index contributed by atoms with van der Waals surface area (Å²) in [6, 6.07) is 16.0. The van der Waals surface area contributed by atoms with Gasteiger partial charge in [0.2, 0.25) is 0 Å². The van der Waals surface area contributed by atoms with Crippen LogP contribution in [0.2, 0.25) is 0 Å². The van der Waals surface area contributed by atoms with Gasteiger partial charge in [-0.15, -0.1) is 0 Å². The molecule has 0 bridgehead atoms. The molecule has 2 aromatic rings. The molecule has 1 aliphatic heterocycles. The molecule has 2 heteroatoms. The van der Waals surface area contributed by atoms with Crippen LogP contribution in [0.25, 0.3) is 10.8 Å². The van der Waals surface area contributed by atoms with Crippen molar-refractivity contribution in [2.75, 3.05) is 26.2 Å². The zero-order chi connectivity index (χ0) is 13.9. The largest absolute Gasteiger partial charge is 0.298 e. The number of fused-ring (bicyclic) bond motifs is 1. The lowest BCUT2D eigenvalue weighted by Gasteiger charge is -2.37. The summed E-state index contributed by atoms with van der Waals surface area (Å²) in [6.45, 7) is 10.4. The molecule has 106 valence electrons. The summed E-state index contributed by atoms with van der Waals surface area (Å²) in [7, 11) is 0. The summed E-state index contributed by atoms with van der Waals surface area (Å²) in [4.78, 5) is 5.15. The quantitative estimate of drug-likeness (QED) is 0.842. The molecule has 0 amide bonds. The number of hydrogen-bond donors (Lipinski definition) is 0. The van der Waals surface area contributed by atoms with Crippen LogP contribution in [0.1, 0.15) is 19.4 Å². The summed E-state index contributed by atoms with van der Waals surface area (Å²) in [5, 5.41) is 2.76. The lowest BCUT2D eigenvalue weighted by atomic mass is 10.0. The zero-order valence-electron chi connectivity index (χ0n) is 12.5. The monoisotopic (exact) mass is 268 g/mol. The van der Waals surface area contributed by atoms with E-state index in [-0.39, 0.29) is 0 Å². The predicted molar refractivity (Wildman–Crippen MR) is 85.9 cm³/mol. The predicted octanol–water partition coefficient (Wildman–Crippen LogP) is 3.37. The molecule has 0 atom stereocenters. The molecule has 0 aromatic heterocycles. The first kappa shape index (κ1) is 13.6. The molecule has 0 unspecified atom stereocenters. The van der Waals surface area contributed by atoms with Crippen LogP contribution in [-0.4, -0.2) is 42.0 Å². The van der Waals surface area contributed by atoms with Crippen molar-refractivity contribution in [3.05, 3.63) is 48.0 Å². The molecule has 3 rings (SSSR count). The second kappa shape index (κ2) is 5.94. The molecule has 2 nitrogen and oxygen atoms in total. The van der Waals surface area contributed by atoms with Gasteiger partial charge >= 0.3 is 0 Å². The van der Waals surface area contributed by atoms with Crippen molar-refractivity contribution in [1.82, 2.24) is 9.80 Å². The normalized spacial score (nSPS) is 17.9. The molecule has 1 aliphatic rings. The first-order valence-electron chi connectivity index (χ1n) is 7.67. The molecule has 1 saturated heterocycles. The van der Waals surface area contributed by atoms with E-state index in [0.29, 0.717) is 6.04 Å². The molecule has 0 N–H and O–H groups in total. The van der Waals surface area contributed by atoms with Gasteiger partial charge in [0.1, 0.15) is 0 Å². The molecular formula is C18H24N2. The van der Waals surface area contributed by atoms with Gasteiger partial charge in [-0.2, -0.15) is 0 Å². The van der Waals surface area contributed by atoms with Crippen molar-refractivity contribution in [3.63, 3.8) is 0 Å². The topological polar surface area (TPSA) is 6.48 Å². The fourth-order valence-electron chi connectivity index (χ4n) is 3.11. The van der Waals surface area contributed by atoms with Gasteiger partial charge in [0.25, 0.3) is 0 Å². The average Bonchev–Trinajstić information content (AvgIpc) is 2.48. The Kier molecular flexibility index (Phi) is 4.04. The minimum atomic E-state index is 0.676. The van der Waals surface area contributed by atoms with E-state index in [4.69, 9.17) is 0 Å².